The summed E-state index contributed by atoms with van der Waals surface area (Å²) in [5.74, 6) is 10.0. The van der Waals surface area contributed by atoms with Gasteiger partial charge in [0.25, 0.3) is 0 Å². The van der Waals surface area contributed by atoms with Gasteiger partial charge in [-0.3, -0.25) is 16.1 Å². The lowest BCUT2D eigenvalue weighted by molar-refractivity contribution is -0.130. The fraction of sp³-hybridized carbons (Fsp3) is 0.750. The Morgan fingerprint density at radius 3 is 2.56 bits per heavy atom. The van der Waals surface area contributed by atoms with Crippen molar-refractivity contribution in [3.63, 3.8) is 0 Å². The van der Waals surface area contributed by atoms with Gasteiger partial charge in [0.05, 0.1) is 5.92 Å². The van der Waals surface area contributed by atoms with E-state index < -0.39 is 0 Å². The molecule has 1 heterocycles. The van der Waals surface area contributed by atoms with E-state index in [9.17, 15) is 4.79 Å². The quantitative estimate of drug-likeness (QED) is 0.213. The standard InChI is InChI=1S/C4H10N4O/c5-7-4(9)3-1-8(6)2-3/h3H,1-2,5-6H2,(H,7,9). The van der Waals surface area contributed by atoms with Crippen molar-refractivity contribution in [3.8, 4) is 0 Å². The fourth-order valence-electron chi connectivity index (χ4n) is 0.796. The molecule has 0 unspecified atom stereocenters. The third-order valence-corrected chi connectivity index (χ3v) is 1.42. The summed E-state index contributed by atoms with van der Waals surface area (Å²) in [4.78, 5) is 10.6. The summed E-state index contributed by atoms with van der Waals surface area (Å²) in [6.45, 7) is 1.23. The molecular formula is C4H10N4O. The Balaban J connectivity index is 2.23. The van der Waals surface area contributed by atoms with Gasteiger partial charge in [-0.2, -0.15) is 0 Å². The van der Waals surface area contributed by atoms with Crippen molar-refractivity contribution in [2.75, 3.05) is 13.1 Å². The summed E-state index contributed by atoms with van der Waals surface area (Å²) >= 11 is 0. The molecule has 1 rings (SSSR count). The van der Waals surface area contributed by atoms with Crippen molar-refractivity contribution in [1.29, 1.82) is 0 Å². The molecule has 0 aromatic rings. The average molecular weight is 130 g/mol. The normalized spacial score (nSPS) is 21.1. The Kier molecular flexibility index (Phi) is 1.65. The molecule has 0 aromatic carbocycles. The highest BCUT2D eigenvalue weighted by molar-refractivity contribution is 5.79. The highest BCUT2D eigenvalue weighted by Crippen LogP contribution is 2.09. The number of rotatable bonds is 1. The van der Waals surface area contributed by atoms with Crippen LogP contribution in [0.25, 0.3) is 0 Å². The van der Waals surface area contributed by atoms with Gasteiger partial charge in [-0.1, -0.05) is 0 Å². The van der Waals surface area contributed by atoms with E-state index in [1.165, 1.54) is 0 Å². The summed E-state index contributed by atoms with van der Waals surface area (Å²) in [6.07, 6.45) is 0. The van der Waals surface area contributed by atoms with Gasteiger partial charge in [0, 0.05) is 13.1 Å². The number of amides is 1. The second-order valence-corrected chi connectivity index (χ2v) is 2.16. The first kappa shape index (κ1) is 6.47. The molecule has 0 aliphatic carbocycles. The predicted molar refractivity (Wildman–Crippen MR) is 31.6 cm³/mol. The number of hydrogen-bond acceptors (Lipinski definition) is 4. The van der Waals surface area contributed by atoms with Crippen molar-refractivity contribution in [2.24, 2.45) is 17.6 Å². The van der Waals surface area contributed by atoms with Gasteiger partial charge >= 0.3 is 0 Å². The average Bonchev–Trinajstić information content (AvgIpc) is 1.79. The van der Waals surface area contributed by atoms with Gasteiger partial charge in [-0.05, 0) is 0 Å². The molecule has 1 amide bonds. The van der Waals surface area contributed by atoms with Crippen molar-refractivity contribution in [2.45, 2.75) is 0 Å². The van der Waals surface area contributed by atoms with Crippen molar-refractivity contribution >= 4 is 5.91 Å². The summed E-state index contributed by atoms with van der Waals surface area (Å²) < 4.78 is 0. The number of carbonyl (C=O) groups excluding carboxylic acids is 1. The topological polar surface area (TPSA) is 84.4 Å². The van der Waals surface area contributed by atoms with Crippen LogP contribution < -0.4 is 17.1 Å². The number of hydrazine groups is 2. The van der Waals surface area contributed by atoms with Crippen LogP contribution in [0, 0.1) is 5.92 Å². The molecule has 5 nitrogen and oxygen atoms in total. The molecule has 1 aliphatic heterocycles. The Bertz CT molecular complexity index is 120. The second-order valence-electron chi connectivity index (χ2n) is 2.16. The number of hydrogen-bond donors (Lipinski definition) is 3. The largest absolute Gasteiger partial charge is 0.294 e. The first-order chi connectivity index (χ1) is 4.24. The first-order valence-corrected chi connectivity index (χ1v) is 2.74. The second kappa shape index (κ2) is 2.30. The molecule has 0 bridgehead atoms. The lowest BCUT2D eigenvalue weighted by atomic mass is 10.0. The summed E-state index contributed by atoms with van der Waals surface area (Å²) in [7, 11) is 0. The van der Waals surface area contributed by atoms with Gasteiger partial charge < -0.3 is 0 Å². The molecule has 52 valence electrons. The van der Waals surface area contributed by atoms with Crippen LogP contribution in [0.15, 0.2) is 0 Å². The van der Waals surface area contributed by atoms with Gasteiger partial charge in [0.2, 0.25) is 5.91 Å². The fourth-order valence-corrected chi connectivity index (χ4v) is 0.796. The lowest BCUT2D eigenvalue weighted by Gasteiger charge is -2.33. The Morgan fingerprint density at radius 1 is 1.67 bits per heavy atom. The van der Waals surface area contributed by atoms with Crippen LogP contribution in [-0.4, -0.2) is 24.0 Å². The van der Waals surface area contributed by atoms with Crippen LogP contribution >= 0.6 is 0 Å². The zero-order valence-electron chi connectivity index (χ0n) is 5.00. The molecule has 1 saturated heterocycles. The molecule has 1 aliphatic rings. The Labute approximate surface area is 52.9 Å². The molecule has 5 heteroatoms. The van der Waals surface area contributed by atoms with E-state index in [-0.39, 0.29) is 11.8 Å². The number of nitrogens with zero attached hydrogens (tertiary/aromatic N) is 1. The van der Waals surface area contributed by atoms with E-state index in [2.05, 4.69) is 5.43 Å². The summed E-state index contributed by atoms with van der Waals surface area (Å²) in [6, 6.07) is 0. The third kappa shape index (κ3) is 1.18. The van der Waals surface area contributed by atoms with Gasteiger partial charge in [-0.25, -0.2) is 10.9 Å². The number of carbonyl (C=O) groups is 1. The number of nitrogens with two attached hydrogens (primary N) is 2. The predicted octanol–water partition coefficient (Wildman–Crippen LogP) is -2.22. The maximum Gasteiger partial charge on any atom is 0.239 e. The van der Waals surface area contributed by atoms with Crippen molar-refractivity contribution in [1.82, 2.24) is 10.4 Å². The van der Waals surface area contributed by atoms with Gasteiger partial charge in [0.15, 0.2) is 0 Å². The monoisotopic (exact) mass is 130 g/mol. The lowest BCUT2D eigenvalue weighted by Crippen LogP contribution is -2.57. The van der Waals surface area contributed by atoms with E-state index in [4.69, 9.17) is 11.7 Å². The van der Waals surface area contributed by atoms with E-state index in [0.29, 0.717) is 13.1 Å². The van der Waals surface area contributed by atoms with E-state index >= 15 is 0 Å². The van der Waals surface area contributed by atoms with Crippen LogP contribution in [0.3, 0.4) is 0 Å². The Morgan fingerprint density at radius 2 is 2.22 bits per heavy atom. The van der Waals surface area contributed by atoms with Crippen LogP contribution in [-0.2, 0) is 4.79 Å². The molecule has 0 atom stereocenters. The zero-order valence-corrected chi connectivity index (χ0v) is 5.00. The highest BCUT2D eigenvalue weighted by atomic mass is 16.2. The molecule has 9 heavy (non-hydrogen) atoms. The molecule has 0 aromatic heterocycles. The van der Waals surface area contributed by atoms with Crippen molar-refractivity contribution in [3.05, 3.63) is 0 Å². The summed E-state index contributed by atoms with van der Waals surface area (Å²) in [5.41, 5.74) is 2.07. The van der Waals surface area contributed by atoms with Gasteiger partial charge in [0.1, 0.15) is 0 Å². The minimum Gasteiger partial charge on any atom is -0.294 e. The maximum atomic E-state index is 10.6. The molecule has 0 spiro atoms. The zero-order chi connectivity index (χ0) is 6.85. The van der Waals surface area contributed by atoms with E-state index in [1.807, 2.05) is 0 Å². The Hall–Kier alpha value is -0.650. The maximum absolute atomic E-state index is 10.6. The molecule has 5 N–H and O–H groups in total. The SMILES string of the molecule is NNC(=O)C1CN(N)C1. The third-order valence-electron chi connectivity index (χ3n) is 1.42. The summed E-state index contributed by atoms with van der Waals surface area (Å²) in [5, 5.41) is 1.57. The van der Waals surface area contributed by atoms with E-state index in [1.54, 1.807) is 5.01 Å². The molecule has 0 radical (unpaired) electrons. The van der Waals surface area contributed by atoms with Crippen molar-refractivity contribution < 1.29 is 4.79 Å². The number of nitrogens with one attached hydrogen (secondary N) is 1. The van der Waals surface area contributed by atoms with E-state index in [0.717, 1.165) is 0 Å². The first-order valence-electron chi connectivity index (χ1n) is 2.74. The van der Waals surface area contributed by atoms with Crippen LogP contribution in [0.5, 0.6) is 0 Å². The molecule has 1 fully saturated rings. The minimum absolute atomic E-state index is 0.000000000000000444. The van der Waals surface area contributed by atoms with Crippen LogP contribution in [0.1, 0.15) is 0 Å². The smallest absolute Gasteiger partial charge is 0.239 e. The van der Waals surface area contributed by atoms with Crippen LogP contribution in [0.4, 0.5) is 0 Å². The highest BCUT2D eigenvalue weighted by Gasteiger charge is 2.29. The minimum atomic E-state index is -0.128. The molecule has 0 saturated carbocycles. The van der Waals surface area contributed by atoms with Gasteiger partial charge in [-0.15, -0.1) is 0 Å². The molecular weight excluding hydrogens is 120 g/mol. The van der Waals surface area contributed by atoms with Crippen LogP contribution in [0.2, 0.25) is 0 Å².